The average Bonchev–Trinajstić information content (AvgIpc) is 2.89. The number of benzene rings is 1. The molecule has 1 aliphatic carbocycles. The molecule has 0 aliphatic heterocycles. The van der Waals surface area contributed by atoms with E-state index in [4.69, 9.17) is 10.6 Å². The van der Waals surface area contributed by atoms with E-state index in [0.29, 0.717) is 36.9 Å². The smallest absolute Gasteiger partial charge is 0.238 e. The van der Waals surface area contributed by atoms with Crippen LogP contribution in [0.4, 0.5) is 0 Å². The van der Waals surface area contributed by atoms with Gasteiger partial charge in [-0.3, -0.25) is 20.1 Å². The van der Waals surface area contributed by atoms with Crippen molar-refractivity contribution in [2.24, 2.45) is 33.9 Å². The molecule has 0 aromatic heterocycles. The number of amides is 1. The van der Waals surface area contributed by atoms with E-state index in [-0.39, 0.29) is 29.6 Å². The lowest BCUT2D eigenvalue weighted by Crippen LogP contribution is -2.53. The Morgan fingerprint density at radius 1 is 1.17 bits per heavy atom. The first-order valence-corrected chi connectivity index (χ1v) is 15.1. The van der Waals surface area contributed by atoms with Gasteiger partial charge >= 0.3 is 0 Å². The fourth-order valence-corrected chi connectivity index (χ4v) is 4.83. The van der Waals surface area contributed by atoms with Crippen molar-refractivity contribution in [3.63, 3.8) is 0 Å². The summed E-state index contributed by atoms with van der Waals surface area (Å²) in [6.07, 6.45) is 3.24. The van der Waals surface area contributed by atoms with Gasteiger partial charge in [-0.25, -0.2) is 5.01 Å². The highest BCUT2D eigenvalue weighted by Gasteiger charge is 2.48. The van der Waals surface area contributed by atoms with E-state index in [9.17, 15) is 9.90 Å². The molecule has 0 bridgehead atoms. The number of hydrazine groups is 1. The maximum atomic E-state index is 12.7. The monoisotopic (exact) mass is 577 g/mol. The SMILES string of the molecule is CC(C)CC(NOCC1CC(CC(C)O)C1(C)C)NC(=O)C(C)NCc1ccccc1.CCCN=C(N)NN(C)C. The molecule has 1 fully saturated rings. The number of rotatable bonds is 16. The number of carbonyl (C=O) groups is 1. The Hall–Kier alpha value is -2.24. The van der Waals surface area contributed by atoms with Gasteiger partial charge in [-0.15, -0.1) is 0 Å². The second-order valence-electron chi connectivity index (χ2n) is 12.5. The Kier molecular flexibility index (Phi) is 17.1. The van der Waals surface area contributed by atoms with Gasteiger partial charge in [0, 0.05) is 27.2 Å². The van der Waals surface area contributed by atoms with Crippen LogP contribution < -0.4 is 27.3 Å². The van der Waals surface area contributed by atoms with Gasteiger partial charge in [-0.1, -0.05) is 65.0 Å². The summed E-state index contributed by atoms with van der Waals surface area (Å²) >= 11 is 0. The molecular weight excluding hydrogens is 518 g/mol. The van der Waals surface area contributed by atoms with Gasteiger partial charge in [-0.05, 0) is 68.3 Å². The topological polar surface area (TPSA) is 136 Å². The van der Waals surface area contributed by atoms with Crippen LogP contribution >= 0.6 is 0 Å². The molecule has 0 saturated heterocycles. The minimum absolute atomic E-state index is 0.0429. The quantitative estimate of drug-likeness (QED) is 0.0762. The van der Waals surface area contributed by atoms with Crippen molar-refractivity contribution in [3.05, 3.63) is 35.9 Å². The molecule has 0 heterocycles. The third-order valence-corrected chi connectivity index (χ3v) is 7.53. The lowest BCUT2D eigenvalue weighted by molar-refractivity contribution is -0.130. The van der Waals surface area contributed by atoms with Crippen LogP contribution in [-0.4, -0.2) is 67.5 Å². The van der Waals surface area contributed by atoms with Gasteiger partial charge in [-0.2, -0.15) is 5.48 Å². The summed E-state index contributed by atoms with van der Waals surface area (Å²) in [6, 6.07) is 9.77. The zero-order chi connectivity index (χ0) is 31.0. The summed E-state index contributed by atoms with van der Waals surface area (Å²) in [6.45, 7) is 16.6. The molecule has 1 aliphatic rings. The predicted molar refractivity (Wildman–Crippen MR) is 168 cm³/mol. The van der Waals surface area contributed by atoms with Crippen molar-refractivity contribution in [2.45, 2.75) is 99.0 Å². The van der Waals surface area contributed by atoms with Crippen molar-refractivity contribution < 1.29 is 14.7 Å². The normalized spacial score (nSPS) is 20.4. The number of nitrogens with one attached hydrogen (secondary N) is 4. The van der Waals surface area contributed by atoms with Crippen LogP contribution in [-0.2, 0) is 16.2 Å². The highest BCUT2D eigenvalue weighted by atomic mass is 16.6. The van der Waals surface area contributed by atoms with Crippen LogP contribution in [0.25, 0.3) is 0 Å². The predicted octanol–water partition coefficient (Wildman–Crippen LogP) is 3.38. The van der Waals surface area contributed by atoms with Crippen LogP contribution in [0.1, 0.15) is 79.7 Å². The van der Waals surface area contributed by atoms with E-state index in [2.05, 4.69) is 61.2 Å². The van der Waals surface area contributed by atoms with E-state index in [1.807, 2.05) is 58.3 Å². The second kappa shape index (κ2) is 19.0. The molecule has 0 radical (unpaired) electrons. The molecule has 1 saturated carbocycles. The molecule has 2 rings (SSSR count). The number of aliphatic imine (C=N–C) groups is 1. The van der Waals surface area contributed by atoms with Gasteiger partial charge in [0.15, 0.2) is 0 Å². The lowest BCUT2D eigenvalue weighted by Gasteiger charge is -2.52. The fourth-order valence-electron chi connectivity index (χ4n) is 4.83. The van der Waals surface area contributed by atoms with Crippen LogP contribution in [0.2, 0.25) is 0 Å². The minimum atomic E-state index is -0.302. The molecule has 1 aromatic rings. The van der Waals surface area contributed by atoms with Gasteiger partial charge in [0.25, 0.3) is 0 Å². The maximum Gasteiger partial charge on any atom is 0.238 e. The summed E-state index contributed by atoms with van der Waals surface area (Å²) in [7, 11) is 3.74. The first-order valence-electron chi connectivity index (χ1n) is 15.1. The Morgan fingerprint density at radius 2 is 1.83 bits per heavy atom. The number of nitrogens with zero attached hydrogens (tertiary/aromatic N) is 2. The Balaban J connectivity index is 0.000000716. The number of carbonyl (C=O) groups excluding carboxylic acids is 1. The number of nitrogens with two attached hydrogens (primary N) is 1. The molecular formula is C31H59N7O3. The molecule has 1 aromatic carbocycles. The van der Waals surface area contributed by atoms with Crippen molar-refractivity contribution in [3.8, 4) is 0 Å². The standard InChI is InChI=1S/C25H43N3O3.C6H16N4/c1-17(2)12-23(27-24(30)19(4)26-15-20-10-8-7-9-11-20)28-31-16-22-14-21(13-18(3)29)25(22,5)6;1-4-5-8-6(7)9-10(2)3/h7-11,17-19,21-23,26,28-29H,12-16H2,1-6H3,(H,27,30);4-5H2,1-3H3,(H3,7,8,9). The van der Waals surface area contributed by atoms with E-state index < -0.39 is 0 Å². The molecule has 10 nitrogen and oxygen atoms in total. The Labute approximate surface area is 249 Å². The Bertz CT molecular complexity index is 878. The van der Waals surface area contributed by atoms with E-state index in [1.165, 1.54) is 0 Å². The van der Waals surface area contributed by atoms with Crippen LogP contribution in [0.3, 0.4) is 0 Å². The van der Waals surface area contributed by atoms with Gasteiger partial charge in [0.2, 0.25) is 11.9 Å². The van der Waals surface area contributed by atoms with Crippen molar-refractivity contribution >= 4 is 11.9 Å². The number of hydrogen-bond acceptors (Lipinski definition) is 7. The minimum Gasteiger partial charge on any atom is -0.393 e. The Morgan fingerprint density at radius 3 is 2.37 bits per heavy atom. The van der Waals surface area contributed by atoms with Gasteiger partial charge in [0.05, 0.1) is 18.8 Å². The number of aliphatic hydroxyl groups is 1. The highest BCUT2D eigenvalue weighted by Crippen LogP contribution is 2.53. The summed E-state index contributed by atoms with van der Waals surface area (Å²) in [5.41, 5.74) is 12.7. The number of hydrogen-bond donors (Lipinski definition) is 6. The molecule has 236 valence electrons. The van der Waals surface area contributed by atoms with Crippen LogP contribution in [0, 0.1) is 23.2 Å². The lowest BCUT2D eigenvalue weighted by atomic mass is 9.54. The molecule has 7 N–H and O–H groups in total. The summed E-state index contributed by atoms with van der Waals surface area (Å²) < 4.78 is 0. The molecule has 1 amide bonds. The van der Waals surface area contributed by atoms with Crippen LogP contribution in [0.5, 0.6) is 0 Å². The highest BCUT2D eigenvalue weighted by molar-refractivity contribution is 5.81. The maximum absolute atomic E-state index is 12.7. The van der Waals surface area contributed by atoms with Gasteiger partial charge in [0.1, 0.15) is 6.17 Å². The zero-order valence-electron chi connectivity index (χ0n) is 27.0. The summed E-state index contributed by atoms with van der Waals surface area (Å²) in [4.78, 5) is 22.6. The van der Waals surface area contributed by atoms with E-state index >= 15 is 0 Å². The fraction of sp³-hybridized carbons (Fsp3) is 0.742. The number of guanidine groups is 1. The van der Waals surface area contributed by atoms with E-state index in [1.54, 1.807) is 5.01 Å². The third-order valence-electron chi connectivity index (χ3n) is 7.53. The van der Waals surface area contributed by atoms with Crippen molar-refractivity contribution in [2.75, 3.05) is 27.2 Å². The van der Waals surface area contributed by atoms with Gasteiger partial charge < -0.3 is 21.5 Å². The first-order chi connectivity index (χ1) is 19.3. The zero-order valence-corrected chi connectivity index (χ0v) is 27.0. The summed E-state index contributed by atoms with van der Waals surface area (Å²) in [5, 5.41) is 17.8. The first kappa shape index (κ1) is 36.8. The molecule has 41 heavy (non-hydrogen) atoms. The number of aliphatic hydroxyl groups excluding tert-OH is 1. The van der Waals surface area contributed by atoms with Crippen molar-refractivity contribution in [1.82, 2.24) is 26.5 Å². The number of hydroxylamine groups is 1. The largest absolute Gasteiger partial charge is 0.393 e. The average molecular weight is 578 g/mol. The van der Waals surface area contributed by atoms with Crippen molar-refractivity contribution in [1.29, 1.82) is 0 Å². The molecule has 5 unspecified atom stereocenters. The van der Waals surface area contributed by atoms with E-state index in [0.717, 1.165) is 37.8 Å². The van der Waals surface area contributed by atoms with Crippen LogP contribution in [0.15, 0.2) is 35.3 Å². The third kappa shape index (κ3) is 15.0. The summed E-state index contributed by atoms with van der Waals surface area (Å²) in [5.74, 6) is 1.84. The molecule has 10 heteroatoms. The second-order valence-corrected chi connectivity index (χ2v) is 12.5. The molecule has 0 spiro atoms. The molecule has 5 atom stereocenters.